The molecule has 3 aromatic rings. The highest BCUT2D eigenvalue weighted by Gasteiger charge is 2.28. The number of carbonyl (C=O) groups is 1. The number of hydrogen-bond acceptors (Lipinski definition) is 3. The van der Waals surface area contributed by atoms with Gasteiger partial charge in [0.25, 0.3) is 0 Å². The minimum atomic E-state index is -0.642. The molecule has 1 aliphatic heterocycles. The van der Waals surface area contributed by atoms with E-state index in [-0.39, 0.29) is 30.2 Å². The summed E-state index contributed by atoms with van der Waals surface area (Å²) in [5.41, 5.74) is 5.41. The third kappa shape index (κ3) is 4.72. The Morgan fingerprint density at radius 2 is 1.81 bits per heavy atom. The van der Waals surface area contributed by atoms with Gasteiger partial charge >= 0.3 is 5.97 Å². The molecule has 1 N–H and O–H groups in total. The number of aromatic nitrogens is 1. The average Bonchev–Trinajstić information content (AvgIpc) is 3.12. The van der Waals surface area contributed by atoms with Gasteiger partial charge in [-0.1, -0.05) is 44.2 Å². The van der Waals surface area contributed by atoms with Crippen LogP contribution in [0.2, 0.25) is 0 Å². The van der Waals surface area contributed by atoms with Gasteiger partial charge < -0.3 is 14.4 Å². The van der Waals surface area contributed by atoms with Gasteiger partial charge in [0.15, 0.2) is 0 Å². The highest BCUT2D eigenvalue weighted by Crippen LogP contribution is 2.37. The summed E-state index contributed by atoms with van der Waals surface area (Å²) in [4.78, 5) is 11.8. The van der Waals surface area contributed by atoms with Gasteiger partial charge in [-0.2, -0.15) is 0 Å². The second kappa shape index (κ2) is 9.06. The molecular weight excluding hydrogens is 393 g/mol. The summed E-state index contributed by atoms with van der Waals surface area (Å²) in [6.45, 7) is 4.96. The maximum Gasteiger partial charge on any atom is 0.308 e. The van der Waals surface area contributed by atoms with E-state index in [0.29, 0.717) is 19.4 Å². The lowest BCUT2D eigenvalue weighted by Gasteiger charge is -2.27. The molecular formula is C26H28FNO3. The van der Waals surface area contributed by atoms with Crippen LogP contribution in [0.25, 0.3) is 22.4 Å². The number of nitrogens with zero attached hydrogens (tertiary/aromatic N) is 1. The van der Waals surface area contributed by atoms with Crippen molar-refractivity contribution in [3.63, 3.8) is 0 Å². The normalized spacial score (nSPS) is 18.9. The second-order valence-electron chi connectivity index (χ2n) is 8.50. The maximum atomic E-state index is 13.6. The molecule has 1 fully saturated rings. The van der Waals surface area contributed by atoms with Crippen molar-refractivity contribution < 1.29 is 19.0 Å². The van der Waals surface area contributed by atoms with Crippen molar-refractivity contribution in [2.24, 2.45) is 0 Å². The third-order valence-electron chi connectivity index (χ3n) is 5.82. The zero-order chi connectivity index (χ0) is 22.0. The van der Waals surface area contributed by atoms with Crippen molar-refractivity contribution in [2.75, 3.05) is 0 Å². The first-order valence-electron chi connectivity index (χ1n) is 10.8. The zero-order valence-electron chi connectivity index (χ0n) is 17.9. The molecule has 1 saturated heterocycles. The van der Waals surface area contributed by atoms with E-state index < -0.39 is 6.10 Å². The number of rotatable bonds is 6. The average molecular weight is 422 g/mol. The molecule has 0 radical (unpaired) electrons. The number of aliphatic hydroxyl groups is 1. The monoisotopic (exact) mass is 421 g/mol. The lowest BCUT2D eigenvalue weighted by atomic mass is 9.99. The summed E-state index contributed by atoms with van der Waals surface area (Å²) in [6.07, 6.45) is 0.189. The van der Waals surface area contributed by atoms with Gasteiger partial charge in [0.1, 0.15) is 11.9 Å². The molecule has 4 nitrogen and oxygen atoms in total. The summed E-state index contributed by atoms with van der Waals surface area (Å²) in [6, 6.07) is 19.0. The van der Waals surface area contributed by atoms with Crippen LogP contribution in [0.15, 0.2) is 60.7 Å². The molecule has 31 heavy (non-hydrogen) atoms. The number of halogens is 1. The molecule has 2 heterocycles. The van der Waals surface area contributed by atoms with Gasteiger partial charge in [-0.3, -0.25) is 4.79 Å². The van der Waals surface area contributed by atoms with Gasteiger partial charge in [-0.05, 0) is 47.4 Å². The molecule has 4 rings (SSSR count). The summed E-state index contributed by atoms with van der Waals surface area (Å²) < 4.78 is 21.3. The number of esters is 1. The molecule has 162 valence electrons. The van der Waals surface area contributed by atoms with Gasteiger partial charge in [-0.15, -0.1) is 0 Å². The number of carbonyl (C=O) groups excluding carboxylic acids is 1. The first-order valence-corrected chi connectivity index (χ1v) is 10.8. The molecule has 0 amide bonds. The Bertz CT molecular complexity index is 1040. The fraction of sp³-hybridized carbons (Fsp3) is 0.346. The summed E-state index contributed by atoms with van der Waals surface area (Å²) in [7, 11) is 0. The van der Waals surface area contributed by atoms with E-state index in [9.17, 15) is 14.3 Å². The Hall–Kier alpha value is -2.92. The molecule has 1 aliphatic rings. The van der Waals surface area contributed by atoms with Gasteiger partial charge in [0, 0.05) is 36.3 Å². The lowest BCUT2D eigenvalue weighted by Crippen LogP contribution is -2.33. The van der Waals surface area contributed by atoms with Crippen LogP contribution in [0, 0.1) is 5.82 Å². The molecule has 0 saturated carbocycles. The molecule has 0 spiro atoms. The minimum absolute atomic E-state index is 0.0657. The molecule has 0 unspecified atom stereocenters. The third-order valence-corrected chi connectivity index (χ3v) is 5.82. The Kier molecular flexibility index (Phi) is 6.23. The number of aliphatic hydroxyl groups excluding tert-OH is 1. The van der Waals surface area contributed by atoms with Crippen molar-refractivity contribution in [1.82, 2.24) is 4.57 Å². The summed E-state index contributed by atoms with van der Waals surface area (Å²) in [5.74, 6) is -0.356. The molecule has 0 bridgehead atoms. The molecule has 0 aliphatic carbocycles. The Morgan fingerprint density at radius 3 is 2.45 bits per heavy atom. The van der Waals surface area contributed by atoms with Crippen molar-refractivity contribution in [2.45, 2.75) is 57.8 Å². The number of benzene rings is 2. The number of cyclic esters (lactones) is 1. The fourth-order valence-corrected chi connectivity index (χ4v) is 4.45. The highest BCUT2D eigenvalue weighted by molar-refractivity contribution is 5.75. The summed E-state index contributed by atoms with van der Waals surface area (Å²) in [5, 5.41) is 9.96. The molecule has 2 atom stereocenters. The van der Waals surface area contributed by atoms with E-state index in [1.54, 1.807) is 12.1 Å². The van der Waals surface area contributed by atoms with Crippen molar-refractivity contribution in [3.8, 4) is 22.4 Å². The van der Waals surface area contributed by atoms with Crippen molar-refractivity contribution >= 4 is 5.97 Å². The Morgan fingerprint density at radius 1 is 1.10 bits per heavy atom. The predicted octanol–water partition coefficient (Wildman–Crippen LogP) is 5.54. The smallest absolute Gasteiger partial charge is 0.308 e. The van der Waals surface area contributed by atoms with Crippen LogP contribution in [0.1, 0.15) is 44.7 Å². The van der Waals surface area contributed by atoms with Crippen molar-refractivity contribution in [1.29, 1.82) is 0 Å². The second-order valence-corrected chi connectivity index (χ2v) is 8.50. The zero-order valence-corrected chi connectivity index (χ0v) is 17.9. The van der Waals surface area contributed by atoms with Crippen molar-refractivity contribution in [3.05, 3.63) is 72.2 Å². The Labute approximate surface area is 182 Å². The molecule has 1 aromatic heterocycles. The van der Waals surface area contributed by atoms with E-state index >= 15 is 0 Å². The van der Waals surface area contributed by atoms with E-state index in [4.69, 9.17) is 4.74 Å². The van der Waals surface area contributed by atoms with E-state index in [0.717, 1.165) is 22.4 Å². The fourth-order valence-electron chi connectivity index (χ4n) is 4.45. The van der Waals surface area contributed by atoms with Crippen LogP contribution in [-0.2, 0) is 16.1 Å². The van der Waals surface area contributed by atoms with Crippen LogP contribution in [0.3, 0.4) is 0 Å². The van der Waals surface area contributed by atoms with Gasteiger partial charge in [-0.25, -0.2) is 4.39 Å². The van der Waals surface area contributed by atoms with Gasteiger partial charge in [0.05, 0.1) is 12.5 Å². The van der Waals surface area contributed by atoms with Crippen LogP contribution < -0.4 is 0 Å². The first kappa shape index (κ1) is 21.3. The topological polar surface area (TPSA) is 51.5 Å². The molecule has 2 aromatic carbocycles. The minimum Gasteiger partial charge on any atom is -0.462 e. The van der Waals surface area contributed by atoms with Gasteiger partial charge in [0.2, 0.25) is 0 Å². The highest BCUT2D eigenvalue weighted by atomic mass is 19.1. The van der Waals surface area contributed by atoms with Crippen LogP contribution in [0.4, 0.5) is 4.39 Å². The van der Waals surface area contributed by atoms with E-state index in [1.807, 2.05) is 18.2 Å². The summed E-state index contributed by atoms with van der Waals surface area (Å²) >= 11 is 0. The maximum absolute atomic E-state index is 13.6. The van der Waals surface area contributed by atoms with Crippen LogP contribution in [-0.4, -0.2) is 27.9 Å². The predicted molar refractivity (Wildman–Crippen MR) is 119 cm³/mol. The lowest BCUT2D eigenvalue weighted by molar-refractivity contribution is -0.160. The van der Waals surface area contributed by atoms with E-state index in [1.165, 1.54) is 17.8 Å². The largest absolute Gasteiger partial charge is 0.462 e. The SMILES string of the molecule is CC(C)c1c(-c2ccccc2)cc(-c2ccc(F)cc2)n1CC[C@@H]1C[C@@H](O)CC(=O)O1. The van der Waals surface area contributed by atoms with Crippen LogP contribution in [0.5, 0.6) is 0 Å². The quantitative estimate of drug-likeness (QED) is 0.532. The van der Waals surface area contributed by atoms with E-state index in [2.05, 4.69) is 36.6 Å². The standard InChI is InChI=1S/C26H28FNO3/c1-17(2)26-23(18-6-4-3-5-7-18)16-24(19-8-10-20(27)11-9-19)28(26)13-12-22-14-21(29)15-25(30)31-22/h3-11,16-17,21-22,29H,12-15H2,1-2H3/t21-,22-/m1/s1. The molecule has 5 heteroatoms. The Balaban J connectivity index is 1.76. The number of ether oxygens (including phenoxy) is 1. The first-order chi connectivity index (χ1) is 14.9. The van der Waals surface area contributed by atoms with Crippen LogP contribution >= 0.6 is 0 Å². The number of hydrogen-bond donors (Lipinski definition) is 1.